The zero-order valence-corrected chi connectivity index (χ0v) is 17.2. The van der Waals surface area contributed by atoms with Crippen molar-refractivity contribution in [3.63, 3.8) is 0 Å². The van der Waals surface area contributed by atoms with E-state index in [0.29, 0.717) is 35.0 Å². The lowest BCUT2D eigenvalue weighted by atomic mass is 10.1. The van der Waals surface area contributed by atoms with E-state index in [9.17, 15) is 4.79 Å². The molecule has 0 heterocycles. The first-order valence-electron chi connectivity index (χ1n) is 9.44. The standard InChI is InChI=1S/C24H24N2O4/c1-17-12-13-20(22(14-17)29-3)24(27)26-25-15-19-10-7-11-21(28-2)23(19)30-16-18-8-5-4-6-9-18/h4-15H,16H2,1-3H3,(H,26,27)/b25-15-. The Morgan fingerprint density at radius 3 is 2.47 bits per heavy atom. The molecule has 154 valence electrons. The number of amides is 1. The Morgan fingerprint density at radius 2 is 1.73 bits per heavy atom. The van der Waals surface area contributed by atoms with E-state index in [1.807, 2.05) is 61.5 Å². The molecule has 3 aromatic carbocycles. The van der Waals surface area contributed by atoms with Gasteiger partial charge in [0, 0.05) is 5.56 Å². The maximum atomic E-state index is 12.5. The van der Waals surface area contributed by atoms with Gasteiger partial charge in [-0.05, 0) is 42.3 Å². The van der Waals surface area contributed by atoms with Gasteiger partial charge in [0.05, 0.1) is 26.0 Å². The SMILES string of the molecule is COc1cc(C)ccc1C(=O)N/N=C\c1cccc(OC)c1OCc1ccccc1. The molecule has 0 aromatic heterocycles. The molecular formula is C24H24N2O4. The number of para-hydroxylation sites is 1. The monoisotopic (exact) mass is 404 g/mol. The first-order chi connectivity index (χ1) is 14.6. The van der Waals surface area contributed by atoms with E-state index >= 15 is 0 Å². The molecule has 6 heteroatoms. The second-order valence-corrected chi connectivity index (χ2v) is 6.56. The molecule has 0 radical (unpaired) electrons. The highest BCUT2D eigenvalue weighted by Gasteiger charge is 2.12. The maximum Gasteiger partial charge on any atom is 0.275 e. The number of ether oxygens (including phenoxy) is 3. The van der Waals surface area contributed by atoms with Gasteiger partial charge in [0.25, 0.3) is 5.91 Å². The van der Waals surface area contributed by atoms with Gasteiger partial charge in [-0.3, -0.25) is 4.79 Å². The number of nitrogens with one attached hydrogen (secondary N) is 1. The van der Waals surface area contributed by atoms with Crippen molar-refractivity contribution in [3.05, 3.63) is 89.0 Å². The average Bonchev–Trinajstić information content (AvgIpc) is 2.78. The molecule has 0 spiro atoms. The molecule has 3 aromatic rings. The van der Waals surface area contributed by atoms with Crippen molar-refractivity contribution >= 4 is 12.1 Å². The van der Waals surface area contributed by atoms with Crippen LogP contribution in [0.4, 0.5) is 0 Å². The molecule has 0 unspecified atom stereocenters. The van der Waals surface area contributed by atoms with Crippen LogP contribution in [0.25, 0.3) is 0 Å². The summed E-state index contributed by atoms with van der Waals surface area (Å²) in [5, 5.41) is 4.09. The second-order valence-electron chi connectivity index (χ2n) is 6.56. The molecule has 0 bridgehead atoms. The number of benzene rings is 3. The van der Waals surface area contributed by atoms with Crippen LogP contribution in [-0.2, 0) is 6.61 Å². The summed E-state index contributed by atoms with van der Waals surface area (Å²) in [6.45, 7) is 2.32. The zero-order valence-electron chi connectivity index (χ0n) is 17.2. The van der Waals surface area contributed by atoms with Gasteiger partial charge in [0.1, 0.15) is 12.4 Å². The highest BCUT2D eigenvalue weighted by atomic mass is 16.5. The van der Waals surface area contributed by atoms with Crippen molar-refractivity contribution in [2.24, 2.45) is 5.10 Å². The minimum Gasteiger partial charge on any atom is -0.496 e. The van der Waals surface area contributed by atoms with Gasteiger partial charge >= 0.3 is 0 Å². The molecule has 0 saturated heterocycles. The molecule has 6 nitrogen and oxygen atoms in total. The third kappa shape index (κ3) is 5.17. The van der Waals surface area contributed by atoms with Crippen LogP contribution in [0.5, 0.6) is 17.2 Å². The first kappa shape index (κ1) is 20.9. The summed E-state index contributed by atoms with van der Waals surface area (Å²) < 4.78 is 16.7. The number of methoxy groups -OCH3 is 2. The van der Waals surface area contributed by atoms with Crippen LogP contribution in [0.2, 0.25) is 0 Å². The third-order valence-electron chi connectivity index (χ3n) is 4.43. The van der Waals surface area contributed by atoms with E-state index in [4.69, 9.17) is 14.2 Å². The fraction of sp³-hybridized carbons (Fsp3) is 0.167. The molecule has 3 rings (SSSR count). The van der Waals surface area contributed by atoms with Crippen LogP contribution in [0.15, 0.2) is 71.8 Å². The fourth-order valence-corrected chi connectivity index (χ4v) is 2.89. The zero-order chi connectivity index (χ0) is 21.3. The first-order valence-corrected chi connectivity index (χ1v) is 9.44. The predicted octanol–water partition coefficient (Wildman–Crippen LogP) is 4.36. The van der Waals surface area contributed by atoms with Gasteiger partial charge in [-0.2, -0.15) is 5.10 Å². The van der Waals surface area contributed by atoms with Crippen molar-refractivity contribution in [1.82, 2.24) is 5.43 Å². The summed E-state index contributed by atoms with van der Waals surface area (Å²) >= 11 is 0. The van der Waals surface area contributed by atoms with E-state index in [1.165, 1.54) is 13.3 Å². The molecule has 0 atom stereocenters. The summed E-state index contributed by atoms with van der Waals surface area (Å²) in [6.07, 6.45) is 1.53. The minimum absolute atomic E-state index is 0.363. The molecule has 1 amide bonds. The summed E-state index contributed by atoms with van der Waals surface area (Å²) in [6, 6.07) is 20.7. The molecule has 0 aliphatic heterocycles. The normalized spacial score (nSPS) is 10.6. The number of hydrogen-bond donors (Lipinski definition) is 1. The van der Waals surface area contributed by atoms with E-state index in [0.717, 1.165) is 11.1 Å². The summed E-state index contributed by atoms with van der Waals surface area (Å²) in [4.78, 5) is 12.5. The number of nitrogens with zero attached hydrogens (tertiary/aromatic N) is 1. The fourth-order valence-electron chi connectivity index (χ4n) is 2.89. The number of hydrogen-bond acceptors (Lipinski definition) is 5. The quantitative estimate of drug-likeness (QED) is 0.448. The largest absolute Gasteiger partial charge is 0.496 e. The van der Waals surface area contributed by atoms with E-state index in [2.05, 4.69) is 10.5 Å². The Kier molecular flexibility index (Phi) is 7.05. The van der Waals surface area contributed by atoms with Crippen LogP contribution in [0, 0.1) is 6.92 Å². The van der Waals surface area contributed by atoms with E-state index in [1.54, 1.807) is 19.2 Å². The van der Waals surface area contributed by atoms with Crippen LogP contribution in [0.3, 0.4) is 0 Å². The molecule has 0 aliphatic carbocycles. The second kappa shape index (κ2) is 10.1. The molecule has 0 fully saturated rings. The van der Waals surface area contributed by atoms with E-state index in [-0.39, 0.29) is 5.91 Å². The highest BCUT2D eigenvalue weighted by Crippen LogP contribution is 2.30. The summed E-state index contributed by atoms with van der Waals surface area (Å²) in [5.74, 6) is 1.27. The molecule has 0 saturated carbocycles. The average molecular weight is 404 g/mol. The Bertz CT molecular complexity index is 1030. The molecule has 0 aliphatic rings. The van der Waals surface area contributed by atoms with Gasteiger partial charge < -0.3 is 14.2 Å². The van der Waals surface area contributed by atoms with Crippen molar-refractivity contribution in [3.8, 4) is 17.2 Å². The molecule has 30 heavy (non-hydrogen) atoms. The highest BCUT2D eigenvalue weighted by molar-refractivity contribution is 5.97. The van der Waals surface area contributed by atoms with Crippen LogP contribution in [0.1, 0.15) is 27.0 Å². The molecule has 1 N–H and O–H groups in total. The van der Waals surface area contributed by atoms with Crippen LogP contribution in [-0.4, -0.2) is 26.3 Å². The minimum atomic E-state index is -0.363. The number of carbonyl (C=O) groups excluding carboxylic acids is 1. The van der Waals surface area contributed by atoms with E-state index < -0.39 is 0 Å². The van der Waals surface area contributed by atoms with Gasteiger partial charge in [0.15, 0.2) is 11.5 Å². The maximum absolute atomic E-state index is 12.5. The lowest BCUT2D eigenvalue weighted by Crippen LogP contribution is -2.18. The number of hydrazone groups is 1. The Morgan fingerprint density at radius 1 is 0.967 bits per heavy atom. The lowest BCUT2D eigenvalue weighted by Gasteiger charge is -2.13. The summed E-state index contributed by atoms with van der Waals surface area (Å²) in [5.41, 5.74) is 5.66. The Hall–Kier alpha value is -3.80. The van der Waals surface area contributed by atoms with Gasteiger partial charge in [0.2, 0.25) is 0 Å². The van der Waals surface area contributed by atoms with Crippen molar-refractivity contribution in [2.75, 3.05) is 14.2 Å². The number of rotatable bonds is 8. The van der Waals surface area contributed by atoms with Gasteiger partial charge in [-0.15, -0.1) is 0 Å². The molecular weight excluding hydrogens is 380 g/mol. The van der Waals surface area contributed by atoms with Gasteiger partial charge in [-0.1, -0.05) is 42.5 Å². The van der Waals surface area contributed by atoms with Gasteiger partial charge in [-0.25, -0.2) is 5.43 Å². The topological polar surface area (TPSA) is 69.2 Å². The lowest BCUT2D eigenvalue weighted by molar-refractivity contribution is 0.0952. The van der Waals surface area contributed by atoms with Crippen LogP contribution < -0.4 is 19.6 Å². The smallest absolute Gasteiger partial charge is 0.275 e. The van der Waals surface area contributed by atoms with Crippen molar-refractivity contribution in [1.29, 1.82) is 0 Å². The van der Waals surface area contributed by atoms with Crippen LogP contribution >= 0.6 is 0 Å². The van der Waals surface area contributed by atoms with Crippen molar-refractivity contribution in [2.45, 2.75) is 13.5 Å². The summed E-state index contributed by atoms with van der Waals surface area (Å²) in [7, 11) is 3.11. The predicted molar refractivity (Wildman–Crippen MR) is 117 cm³/mol. The Labute approximate surface area is 176 Å². The van der Waals surface area contributed by atoms with Crippen molar-refractivity contribution < 1.29 is 19.0 Å². The number of carbonyl (C=O) groups is 1. The third-order valence-corrected chi connectivity index (χ3v) is 4.43. The Balaban J connectivity index is 1.75. The number of aryl methyl sites for hydroxylation is 1.